The van der Waals surface area contributed by atoms with Gasteiger partial charge in [-0.2, -0.15) is 0 Å². The van der Waals surface area contributed by atoms with E-state index < -0.39 is 0 Å². The summed E-state index contributed by atoms with van der Waals surface area (Å²) in [7, 11) is 0. The molecule has 1 rings (SSSR count). The molecule has 0 aliphatic heterocycles. The highest BCUT2D eigenvalue weighted by Gasteiger charge is 2.05. The molecule has 0 radical (unpaired) electrons. The van der Waals surface area contributed by atoms with Crippen molar-refractivity contribution < 1.29 is 9.53 Å². The molecule has 1 aromatic rings. The maximum Gasteiger partial charge on any atom is 0.159 e. The van der Waals surface area contributed by atoms with Gasteiger partial charge in [-0.15, -0.1) is 0 Å². The largest absolute Gasteiger partial charge is 0.492 e. The number of hydrogen-bond acceptors (Lipinski definition) is 2. The van der Waals surface area contributed by atoms with Crippen LogP contribution in [0.15, 0.2) is 18.2 Å². The van der Waals surface area contributed by atoms with Crippen LogP contribution < -0.4 is 4.74 Å². The second-order valence-corrected chi connectivity index (χ2v) is 3.04. The Labute approximate surface area is 82.5 Å². The number of ketones is 1. The Hall–Kier alpha value is -1.02. The lowest BCUT2D eigenvalue weighted by molar-refractivity contribution is 0.101. The van der Waals surface area contributed by atoms with E-state index in [4.69, 9.17) is 16.3 Å². The van der Waals surface area contributed by atoms with Gasteiger partial charge in [0.25, 0.3) is 0 Å². The molecule has 0 bridgehead atoms. The van der Waals surface area contributed by atoms with Crippen molar-refractivity contribution in [1.82, 2.24) is 0 Å². The summed E-state index contributed by atoms with van der Waals surface area (Å²) in [6, 6.07) is 5.02. The molecule has 13 heavy (non-hydrogen) atoms. The molecular formula is C10H11ClO2. The second kappa shape index (κ2) is 4.28. The zero-order chi connectivity index (χ0) is 9.84. The number of halogens is 1. The highest BCUT2D eigenvalue weighted by Crippen LogP contribution is 2.25. The minimum atomic E-state index is 0.0117. The Morgan fingerprint density at radius 3 is 2.77 bits per heavy atom. The van der Waals surface area contributed by atoms with E-state index in [2.05, 4.69) is 0 Å². The Morgan fingerprint density at radius 1 is 1.54 bits per heavy atom. The maximum atomic E-state index is 11.0. The highest BCUT2D eigenvalue weighted by molar-refractivity contribution is 6.32. The SMILES string of the molecule is CCOc1cc(C(C)=O)ccc1Cl. The van der Waals surface area contributed by atoms with Crippen molar-refractivity contribution in [3.8, 4) is 5.75 Å². The van der Waals surface area contributed by atoms with Crippen molar-refractivity contribution in [2.45, 2.75) is 13.8 Å². The van der Waals surface area contributed by atoms with Gasteiger partial charge in [-0.3, -0.25) is 4.79 Å². The standard InChI is InChI=1S/C10H11ClO2/c1-3-13-10-6-8(7(2)12)4-5-9(10)11/h4-6H,3H2,1-2H3. The van der Waals surface area contributed by atoms with E-state index in [-0.39, 0.29) is 5.78 Å². The smallest absolute Gasteiger partial charge is 0.159 e. The molecule has 0 unspecified atom stereocenters. The lowest BCUT2D eigenvalue weighted by atomic mass is 10.1. The molecule has 0 aromatic heterocycles. The topological polar surface area (TPSA) is 26.3 Å². The number of benzene rings is 1. The fraction of sp³-hybridized carbons (Fsp3) is 0.300. The van der Waals surface area contributed by atoms with E-state index in [1.807, 2.05) is 6.92 Å². The summed E-state index contributed by atoms with van der Waals surface area (Å²) in [6.07, 6.45) is 0. The quantitative estimate of drug-likeness (QED) is 0.698. The molecule has 0 saturated heterocycles. The van der Waals surface area contributed by atoms with Crippen molar-refractivity contribution in [3.05, 3.63) is 28.8 Å². The lowest BCUT2D eigenvalue weighted by Crippen LogP contribution is -1.96. The van der Waals surface area contributed by atoms with Gasteiger partial charge in [-0.1, -0.05) is 11.6 Å². The zero-order valence-corrected chi connectivity index (χ0v) is 8.39. The van der Waals surface area contributed by atoms with Gasteiger partial charge in [0.15, 0.2) is 5.78 Å². The molecule has 0 N–H and O–H groups in total. The average Bonchev–Trinajstić information content (AvgIpc) is 2.08. The van der Waals surface area contributed by atoms with Gasteiger partial charge < -0.3 is 4.74 Å². The third kappa shape index (κ3) is 2.46. The molecule has 0 aliphatic carbocycles. The third-order valence-electron chi connectivity index (χ3n) is 1.64. The van der Waals surface area contributed by atoms with E-state index in [0.29, 0.717) is 22.9 Å². The Kier molecular flexibility index (Phi) is 3.32. The fourth-order valence-electron chi connectivity index (χ4n) is 0.988. The van der Waals surface area contributed by atoms with Crippen molar-refractivity contribution in [3.63, 3.8) is 0 Å². The van der Waals surface area contributed by atoms with Crippen LogP contribution in [-0.4, -0.2) is 12.4 Å². The van der Waals surface area contributed by atoms with Crippen LogP contribution >= 0.6 is 11.6 Å². The van der Waals surface area contributed by atoms with Crippen LogP contribution in [0, 0.1) is 0 Å². The third-order valence-corrected chi connectivity index (χ3v) is 1.95. The average molecular weight is 199 g/mol. The normalized spacial score (nSPS) is 9.77. The molecule has 3 heteroatoms. The van der Waals surface area contributed by atoms with Gasteiger partial charge >= 0.3 is 0 Å². The Balaban J connectivity index is 3.03. The van der Waals surface area contributed by atoms with Crippen molar-refractivity contribution in [2.75, 3.05) is 6.61 Å². The number of Topliss-reactive ketones (excluding diaryl/α,β-unsaturated/α-hetero) is 1. The molecule has 0 heterocycles. The van der Waals surface area contributed by atoms with Crippen LogP contribution in [0.2, 0.25) is 5.02 Å². The first-order valence-corrected chi connectivity index (χ1v) is 4.46. The Bertz CT molecular complexity index is 321. The van der Waals surface area contributed by atoms with Gasteiger partial charge in [0.05, 0.1) is 11.6 Å². The van der Waals surface area contributed by atoms with E-state index in [9.17, 15) is 4.79 Å². The summed E-state index contributed by atoms with van der Waals surface area (Å²) in [4.78, 5) is 11.0. The summed E-state index contributed by atoms with van der Waals surface area (Å²) in [5.41, 5.74) is 0.618. The van der Waals surface area contributed by atoms with E-state index in [0.717, 1.165) is 0 Å². The first-order valence-electron chi connectivity index (χ1n) is 4.08. The van der Waals surface area contributed by atoms with Crippen molar-refractivity contribution in [2.24, 2.45) is 0 Å². The van der Waals surface area contributed by atoms with Crippen LogP contribution in [0.25, 0.3) is 0 Å². The van der Waals surface area contributed by atoms with Crippen LogP contribution in [0.1, 0.15) is 24.2 Å². The molecule has 0 saturated carbocycles. The highest BCUT2D eigenvalue weighted by atomic mass is 35.5. The predicted octanol–water partition coefficient (Wildman–Crippen LogP) is 2.94. The first-order chi connectivity index (χ1) is 6.15. The van der Waals surface area contributed by atoms with Gasteiger partial charge in [-0.25, -0.2) is 0 Å². The van der Waals surface area contributed by atoms with Crippen LogP contribution in [0.5, 0.6) is 5.75 Å². The molecular weight excluding hydrogens is 188 g/mol. The predicted molar refractivity (Wildman–Crippen MR) is 52.6 cm³/mol. The van der Waals surface area contributed by atoms with E-state index in [1.165, 1.54) is 6.92 Å². The summed E-state index contributed by atoms with van der Waals surface area (Å²) < 4.78 is 5.24. The number of hydrogen-bond donors (Lipinski definition) is 0. The monoisotopic (exact) mass is 198 g/mol. The molecule has 70 valence electrons. The van der Waals surface area contributed by atoms with E-state index >= 15 is 0 Å². The summed E-state index contributed by atoms with van der Waals surface area (Å²) in [6.45, 7) is 3.93. The van der Waals surface area contributed by atoms with E-state index in [1.54, 1.807) is 18.2 Å². The molecule has 2 nitrogen and oxygen atoms in total. The summed E-state index contributed by atoms with van der Waals surface area (Å²) in [5.74, 6) is 0.578. The van der Waals surface area contributed by atoms with Gasteiger partial charge in [0.1, 0.15) is 5.75 Å². The first kappa shape index (κ1) is 10.1. The van der Waals surface area contributed by atoms with Crippen molar-refractivity contribution >= 4 is 17.4 Å². The van der Waals surface area contributed by atoms with Gasteiger partial charge in [0, 0.05) is 5.56 Å². The summed E-state index contributed by atoms with van der Waals surface area (Å²) in [5, 5.41) is 0.534. The number of carbonyl (C=O) groups excluding carboxylic acids is 1. The van der Waals surface area contributed by atoms with Crippen molar-refractivity contribution in [1.29, 1.82) is 0 Å². The lowest BCUT2D eigenvalue weighted by Gasteiger charge is -2.06. The summed E-state index contributed by atoms with van der Waals surface area (Å²) >= 11 is 5.84. The number of carbonyl (C=O) groups is 1. The minimum Gasteiger partial charge on any atom is -0.492 e. The second-order valence-electron chi connectivity index (χ2n) is 2.63. The zero-order valence-electron chi connectivity index (χ0n) is 7.63. The molecule has 0 atom stereocenters. The molecule has 1 aromatic carbocycles. The van der Waals surface area contributed by atoms with Crippen LogP contribution in [0.3, 0.4) is 0 Å². The molecule has 0 spiro atoms. The number of ether oxygens (including phenoxy) is 1. The number of rotatable bonds is 3. The van der Waals surface area contributed by atoms with Gasteiger partial charge in [0.2, 0.25) is 0 Å². The molecule has 0 aliphatic rings. The fourth-order valence-corrected chi connectivity index (χ4v) is 1.16. The Morgan fingerprint density at radius 2 is 2.23 bits per heavy atom. The van der Waals surface area contributed by atoms with Crippen LogP contribution in [0.4, 0.5) is 0 Å². The van der Waals surface area contributed by atoms with Crippen LogP contribution in [-0.2, 0) is 0 Å². The molecule has 0 amide bonds. The minimum absolute atomic E-state index is 0.0117. The van der Waals surface area contributed by atoms with Gasteiger partial charge in [-0.05, 0) is 32.0 Å². The maximum absolute atomic E-state index is 11.0. The molecule has 0 fully saturated rings.